The molecule has 1 fully saturated rings. The molecule has 2 aromatic rings. The van der Waals surface area contributed by atoms with Crippen LogP contribution < -0.4 is 14.2 Å². The van der Waals surface area contributed by atoms with Gasteiger partial charge in [0.1, 0.15) is 5.75 Å². The monoisotopic (exact) mass is 452 g/mol. The molecule has 2 aromatic carbocycles. The molecule has 2 aliphatic rings. The lowest BCUT2D eigenvalue weighted by atomic mass is 9.98. The number of hydrogen-bond donors (Lipinski definition) is 0. The van der Waals surface area contributed by atoms with Crippen molar-refractivity contribution in [1.82, 2.24) is 9.80 Å². The molecule has 6 nitrogen and oxygen atoms in total. The molecule has 6 heteroatoms. The molecule has 2 aliphatic heterocycles. The number of ether oxygens (including phenoxy) is 3. The van der Waals surface area contributed by atoms with E-state index in [-0.39, 0.29) is 19.3 Å². The van der Waals surface area contributed by atoms with Crippen LogP contribution in [0.15, 0.2) is 36.4 Å². The van der Waals surface area contributed by atoms with Gasteiger partial charge in [-0.25, -0.2) is 0 Å². The van der Waals surface area contributed by atoms with Gasteiger partial charge in [0.15, 0.2) is 18.1 Å². The van der Waals surface area contributed by atoms with Crippen LogP contribution >= 0.6 is 0 Å². The van der Waals surface area contributed by atoms with Crippen molar-refractivity contribution in [2.24, 2.45) is 5.92 Å². The largest absolute Gasteiger partial charge is 0.483 e. The van der Waals surface area contributed by atoms with Crippen molar-refractivity contribution in [3.8, 4) is 28.4 Å². The Hall–Kier alpha value is -2.73. The third kappa shape index (κ3) is 5.99. The van der Waals surface area contributed by atoms with Gasteiger partial charge in [-0.2, -0.15) is 0 Å². The number of piperidine rings is 1. The van der Waals surface area contributed by atoms with E-state index in [2.05, 4.69) is 36.9 Å². The number of fused-ring (bicyclic) bond motifs is 1. The Bertz CT molecular complexity index is 961. The van der Waals surface area contributed by atoms with Crippen LogP contribution in [0.4, 0.5) is 0 Å². The Kier molecular flexibility index (Phi) is 7.76. The van der Waals surface area contributed by atoms with Crippen LogP contribution in [0.5, 0.6) is 17.2 Å². The molecule has 0 bridgehead atoms. The summed E-state index contributed by atoms with van der Waals surface area (Å²) in [6.07, 6.45) is 4.58. The Morgan fingerprint density at radius 2 is 1.94 bits per heavy atom. The zero-order chi connectivity index (χ0) is 23.2. The van der Waals surface area contributed by atoms with Crippen molar-refractivity contribution in [1.29, 1.82) is 0 Å². The molecule has 4 rings (SSSR count). The summed E-state index contributed by atoms with van der Waals surface area (Å²) in [6, 6.07) is 12.3. The zero-order valence-corrected chi connectivity index (χ0v) is 20.1. The van der Waals surface area contributed by atoms with Gasteiger partial charge in [0, 0.05) is 32.2 Å². The van der Waals surface area contributed by atoms with Crippen molar-refractivity contribution in [2.45, 2.75) is 46.1 Å². The van der Waals surface area contributed by atoms with Crippen molar-refractivity contribution >= 4 is 5.91 Å². The van der Waals surface area contributed by atoms with E-state index in [1.54, 1.807) is 4.90 Å². The highest BCUT2D eigenvalue weighted by Gasteiger charge is 2.20. The smallest absolute Gasteiger partial charge is 0.260 e. The quantitative estimate of drug-likeness (QED) is 0.539. The molecule has 1 unspecified atom stereocenters. The van der Waals surface area contributed by atoms with Gasteiger partial charge in [-0.15, -0.1) is 0 Å². The first-order valence-electron chi connectivity index (χ1n) is 12.2. The summed E-state index contributed by atoms with van der Waals surface area (Å²) in [5.74, 6) is 3.07. The third-order valence-corrected chi connectivity index (χ3v) is 6.53. The van der Waals surface area contributed by atoms with Crippen LogP contribution in [0.3, 0.4) is 0 Å². The highest BCUT2D eigenvalue weighted by atomic mass is 16.7. The zero-order valence-electron chi connectivity index (χ0n) is 20.1. The van der Waals surface area contributed by atoms with Gasteiger partial charge in [-0.3, -0.25) is 9.69 Å². The van der Waals surface area contributed by atoms with Crippen LogP contribution in [0.1, 0.15) is 45.1 Å². The molecule has 0 saturated carbocycles. The first-order valence-corrected chi connectivity index (χ1v) is 12.2. The van der Waals surface area contributed by atoms with Gasteiger partial charge < -0.3 is 19.1 Å². The van der Waals surface area contributed by atoms with E-state index < -0.39 is 0 Å². The number of likely N-dealkylation sites (tertiary alicyclic amines) is 1. The number of hydrogen-bond acceptors (Lipinski definition) is 5. The highest BCUT2D eigenvalue weighted by Crippen LogP contribution is 2.37. The molecule has 0 spiro atoms. The molecular formula is C27H36N2O4. The molecule has 33 heavy (non-hydrogen) atoms. The van der Waals surface area contributed by atoms with Crippen molar-refractivity contribution in [3.63, 3.8) is 0 Å². The first-order chi connectivity index (χ1) is 16.0. The van der Waals surface area contributed by atoms with E-state index in [0.29, 0.717) is 5.92 Å². The first kappa shape index (κ1) is 23.4. The number of amides is 1. The molecule has 0 N–H and O–H groups in total. The standard InChI is InChI=1S/C27H36N2O4/c1-4-5-12-28(3)27(30)18-31-24-10-8-21(22-9-11-25-26(15-22)33-19-32-25)14-23(24)17-29-13-6-7-20(2)16-29/h8-11,14-15,20H,4-7,12-13,16-19H2,1-3H3. The lowest BCUT2D eigenvalue weighted by Crippen LogP contribution is -2.34. The maximum absolute atomic E-state index is 12.5. The summed E-state index contributed by atoms with van der Waals surface area (Å²) < 4.78 is 17.1. The third-order valence-electron chi connectivity index (χ3n) is 6.53. The van der Waals surface area contributed by atoms with Crippen LogP contribution in [0.2, 0.25) is 0 Å². The molecular weight excluding hydrogens is 416 g/mol. The van der Waals surface area contributed by atoms with Crippen LogP contribution in [0, 0.1) is 5.92 Å². The van der Waals surface area contributed by atoms with Gasteiger partial charge in [0.2, 0.25) is 6.79 Å². The Morgan fingerprint density at radius 1 is 1.15 bits per heavy atom. The highest BCUT2D eigenvalue weighted by molar-refractivity contribution is 5.77. The number of likely N-dealkylation sites (N-methyl/N-ethyl adjacent to an activating group) is 1. The number of carbonyl (C=O) groups is 1. The summed E-state index contributed by atoms with van der Waals surface area (Å²) in [4.78, 5) is 16.8. The van der Waals surface area contributed by atoms with Gasteiger partial charge in [0.05, 0.1) is 0 Å². The Balaban J connectivity index is 1.53. The van der Waals surface area contributed by atoms with Crippen LogP contribution in [-0.4, -0.2) is 55.8 Å². The maximum atomic E-state index is 12.5. The second-order valence-corrected chi connectivity index (χ2v) is 9.33. The lowest BCUT2D eigenvalue weighted by molar-refractivity contribution is -0.132. The predicted octanol–water partition coefficient (Wildman–Crippen LogP) is 4.95. The SMILES string of the molecule is CCCCN(C)C(=O)COc1ccc(-c2ccc3c(c2)OCO3)cc1CN1CCCC(C)C1. The van der Waals surface area contributed by atoms with E-state index in [9.17, 15) is 4.79 Å². The van der Waals surface area contributed by atoms with E-state index in [4.69, 9.17) is 14.2 Å². The summed E-state index contributed by atoms with van der Waals surface area (Å²) in [7, 11) is 1.85. The maximum Gasteiger partial charge on any atom is 0.260 e. The lowest BCUT2D eigenvalue weighted by Gasteiger charge is -2.31. The second kappa shape index (κ2) is 10.9. The normalized spacial score (nSPS) is 17.7. The minimum absolute atomic E-state index is 0.0147. The molecule has 178 valence electrons. The Labute approximate surface area is 197 Å². The summed E-state index contributed by atoms with van der Waals surface area (Å²) in [5, 5.41) is 0. The molecule has 1 atom stereocenters. The molecule has 0 aliphatic carbocycles. The minimum Gasteiger partial charge on any atom is -0.483 e. The number of benzene rings is 2. The van der Waals surface area contributed by atoms with Gasteiger partial charge in [0.25, 0.3) is 5.91 Å². The van der Waals surface area contributed by atoms with E-state index in [0.717, 1.165) is 73.0 Å². The number of rotatable bonds is 9. The van der Waals surface area contributed by atoms with E-state index >= 15 is 0 Å². The molecule has 1 amide bonds. The van der Waals surface area contributed by atoms with Crippen molar-refractivity contribution in [3.05, 3.63) is 42.0 Å². The van der Waals surface area contributed by atoms with Gasteiger partial charge in [-0.1, -0.05) is 32.4 Å². The second-order valence-electron chi connectivity index (χ2n) is 9.33. The molecule has 1 saturated heterocycles. The van der Waals surface area contributed by atoms with Crippen molar-refractivity contribution < 1.29 is 19.0 Å². The molecule has 0 aromatic heterocycles. The fraction of sp³-hybridized carbons (Fsp3) is 0.519. The average Bonchev–Trinajstić information content (AvgIpc) is 3.29. The number of nitrogens with zero attached hydrogens (tertiary/aromatic N) is 2. The molecule has 0 radical (unpaired) electrons. The fourth-order valence-electron chi connectivity index (χ4n) is 4.54. The van der Waals surface area contributed by atoms with E-state index in [1.165, 1.54) is 12.8 Å². The Morgan fingerprint density at radius 3 is 2.76 bits per heavy atom. The number of carbonyl (C=O) groups excluding carboxylic acids is 1. The molecule has 2 heterocycles. The average molecular weight is 453 g/mol. The van der Waals surface area contributed by atoms with Gasteiger partial charge >= 0.3 is 0 Å². The summed E-state index contributed by atoms with van der Waals surface area (Å²) >= 11 is 0. The van der Waals surface area contributed by atoms with Crippen molar-refractivity contribution in [2.75, 3.05) is 40.1 Å². The predicted molar refractivity (Wildman–Crippen MR) is 130 cm³/mol. The van der Waals surface area contributed by atoms with Crippen LogP contribution in [0.25, 0.3) is 11.1 Å². The minimum atomic E-state index is 0.0147. The fourth-order valence-corrected chi connectivity index (χ4v) is 4.54. The van der Waals surface area contributed by atoms with E-state index in [1.807, 2.05) is 25.2 Å². The summed E-state index contributed by atoms with van der Waals surface area (Å²) in [5.41, 5.74) is 3.30. The number of unbranched alkanes of at least 4 members (excludes halogenated alkanes) is 1. The summed E-state index contributed by atoms with van der Waals surface area (Å²) in [6.45, 7) is 8.54. The topological polar surface area (TPSA) is 51.2 Å². The van der Waals surface area contributed by atoms with Crippen LogP contribution in [-0.2, 0) is 11.3 Å². The van der Waals surface area contributed by atoms with Gasteiger partial charge in [-0.05, 0) is 67.1 Å².